The third kappa shape index (κ3) is 4.63. The Labute approximate surface area is 151 Å². The molecule has 10 heteroatoms. The van der Waals surface area contributed by atoms with Gasteiger partial charge in [0.15, 0.2) is 5.58 Å². The van der Waals surface area contributed by atoms with Crippen molar-refractivity contribution < 1.29 is 23.2 Å². The first-order valence-corrected chi connectivity index (χ1v) is 8.48. The lowest BCUT2D eigenvalue weighted by Gasteiger charge is -2.06. The van der Waals surface area contributed by atoms with Gasteiger partial charge in [0, 0.05) is 0 Å². The van der Waals surface area contributed by atoms with Crippen molar-refractivity contribution in [2.75, 3.05) is 5.75 Å². The summed E-state index contributed by atoms with van der Waals surface area (Å²) in [5.74, 6) is -1.93. The van der Waals surface area contributed by atoms with Crippen LogP contribution in [0.3, 0.4) is 0 Å². The van der Waals surface area contributed by atoms with Crippen LogP contribution in [0.5, 0.6) is 0 Å². The predicted octanol–water partition coefficient (Wildman–Crippen LogP) is 0.977. The second-order valence-corrected chi connectivity index (χ2v) is 5.93. The summed E-state index contributed by atoms with van der Waals surface area (Å²) in [4.78, 5) is 39.1. The van der Waals surface area contributed by atoms with Crippen molar-refractivity contribution in [1.29, 1.82) is 0 Å². The summed E-state index contributed by atoms with van der Waals surface area (Å²) in [6, 6.07) is 10.5. The molecule has 2 aromatic heterocycles. The van der Waals surface area contributed by atoms with Crippen molar-refractivity contribution in [2.45, 2.75) is 11.8 Å². The third-order valence-electron chi connectivity index (χ3n) is 3.13. The van der Waals surface area contributed by atoms with Crippen LogP contribution in [0.2, 0.25) is 0 Å². The summed E-state index contributed by atoms with van der Waals surface area (Å²) in [5, 5.41) is 2.69. The number of thioether (sulfide) groups is 1. The average Bonchev–Trinajstić information content (AvgIpc) is 3.31. The molecule has 0 aliphatic heterocycles. The first-order valence-electron chi connectivity index (χ1n) is 7.49. The Kier molecular flexibility index (Phi) is 5.54. The van der Waals surface area contributed by atoms with Gasteiger partial charge in [-0.3, -0.25) is 25.2 Å². The van der Waals surface area contributed by atoms with Crippen LogP contribution in [0.1, 0.15) is 5.76 Å². The van der Waals surface area contributed by atoms with Crippen LogP contribution in [0.15, 0.2) is 56.7 Å². The lowest BCUT2D eigenvalue weighted by atomic mass is 10.3. The fourth-order valence-electron chi connectivity index (χ4n) is 1.92. The van der Waals surface area contributed by atoms with Crippen molar-refractivity contribution in [3.05, 3.63) is 48.4 Å². The highest BCUT2D eigenvalue weighted by atomic mass is 32.2. The molecule has 0 radical (unpaired) electrons. The number of carbonyl (C=O) groups is 3. The molecule has 9 nitrogen and oxygen atoms in total. The van der Waals surface area contributed by atoms with E-state index in [2.05, 4.69) is 15.7 Å². The van der Waals surface area contributed by atoms with Gasteiger partial charge in [-0.1, -0.05) is 23.9 Å². The van der Waals surface area contributed by atoms with E-state index in [1.54, 1.807) is 24.3 Å². The standard InChI is InChI=1S/C16H14N4O5S/c21-13(9-26-16-18-11-5-1-2-6-12(11)25-16)19-20-15(23)14(22)17-8-10-4-3-7-24-10/h1-7H,8-9H2,(H,17,22)(H,19,21)(H,20,23). The Balaban J connectivity index is 1.38. The summed E-state index contributed by atoms with van der Waals surface area (Å²) in [5.41, 5.74) is 5.49. The minimum absolute atomic E-state index is 0.0406. The predicted molar refractivity (Wildman–Crippen MR) is 91.6 cm³/mol. The Hall–Kier alpha value is -3.27. The number of nitrogens with zero attached hydrogens (tertiary/aromatic N) is 1. The van der Waals surface area contributed by atoms with Crippen LogP contribution in [-0.4, -0.2) is 28.5 Å². The van der Waals surface area contributed by atoms with E-state index in [-0.39, 0.29) is 12.3 Å². The maximum atomic E-state index is 11.7. The fourth-order valence-corrected chi connectivity index (χ4v) is 2.56. The van der Waals surface area contributed by atoms with E-state index < -0.39 is 17.7 Å². The number of hydrogen-bond acceptors (Lipinski definition) is 7. The van der Waals surface area contributed by atoms with Crippen molar-refractivity contribution in [2.24, 2.45) is 0 Å². The average molecular weight is 374 g/mol. The molecule has 3 rings (SSSR count). The highest BCUT2D eigenvalue weighted by Gasteiger charge is 2.15. The summed E-state index contributed by atoms with van der Waals surface area (Å²) in [7, 11) is 0. The molecule has 0 atom stereocenters. The third-order valence-corrected chi connectivity index (χ3v) is 3.95. The van der Waals surface area contributed by atoms with E-state index in [1.165, 1.54) is 6.26 Å². The quantitative estimate of drug-likeness (QED) is 0.345. The smallest absolute Gasteiger partial charge is 0.327 e. The van der Waals surface area contributed by atoms with Crippen molar-refractivity contribution in [3.8, 4) is 0 Å². The normalized spacial score (nSPS) is 10.5. The molecular weight excluding hydrogens is 360 g/mol. The molecule has 3 aromatic rings. The van der Waals surface area contributed by atoms with Crippen LogP contribution in [0, 0.1) is 0 Å². The number of para-hydroxylation sites is 2. The monoisotopic (exact) mass is 374 g/mol. The van der Waals surface area contributed by atoms with Gasteiger partial charge in [0.25, 0.3) is 5.22 Å². The van der Waals surface area contributed by atoms with Gasteiger partial charge >= 0.3 is 11.8 Å². The van der Waals surface area contributed by atoms with Gasteiger partial charge < -0.3 is 14.2 Å². The van der Waals surface area contributed by atoms with Crippen molar-refractivity contribution >= 4 is 40.6 Å². The number of aromatic nitrogens is 1. The largest absolute Gasteiger partial charge is 0.467 e. The second kappa shape index (κ2) is 8.21. The molecule has 0 aliphatic carbocycles. The molecule has 0 fully saturated rings. The highest BCUT2D eigenvalue weighted by Crippen LogP contribution is 2.22. The van der Waals surface area contributed by atoms with Gasteiger partial charge in [-0.2, -0.15) is 0 Å². The van der Waals surface area contributed by atoms with Crippen LogP contribution >= 0.6 is 11.8 Å². The Morgan fingerprint density at radius 1 is 1.04 bits per heavy atom. The molecule has 2 heterocycles. The highest BCUT2D eigenvalue weighted by molar-refractivity contribution is 7.99. The van der Waals surface area contributed by atoms with Gasteiger partial charge in [-0.15, -0.1) is 0 Å². The number of amides is 3. The van der Waals surface area contributed by atoms with Gasteiger partial charge in [0.1, 0.15) is 11.3 Å². The summed E-state index contributed by atoms with van der Waals surface area (Å²) in [6.45, 7) is 0.0702. The van der Waals surface area contributed by atoms with E-state index in [4.69, 9.17) is 8.83 Å². The van der Waals surface area contributed by atoms with E-state index in [1.807, 2.05) is 17.6 Å². The van der Waals surface area contributed by atoms with Crippen molar-refractivity contribution in [1.82, 2.24) is 21.2 Å². The molecule has 0 spiro atoms. The number of fused-ring (bicyclic) bond motifs is 1. The minimum Gasteiger partial charge on any atom is -0.467 e. The zero-order chi connectivity index (χ0) is 18.4. The molecule has 3 amide bonds. The van der Waals surface area contributed by atoms with E-state index in [9.17, 15) is 14.4 Å². The van der Waals surface area contributed by atoms with Crippen LogP contribution < -0.4 is 16.2 Å². The number of nitrogens with one attached hydrogen (secondary N) is 3. The molecule has 0 aliphatic rings. The molecule has 0 saturated carbocycles. The van der Waals surface area contributed by atoms with Crippen LogP contribution in [0.25, 0.3) is 11.1 Å². The topological polar surface area (TPSA) is 126 Å². The number of benzene rings is 1. The molecular formula is C16H14N4O5S. The number of hydrazine groups is 1. The first kappa shape index (κ1) is 17.5. The molecule has 0 unspecified atom stereocenters. The molecule has 1 aromatic carbocycles. The Morgan fingerprint density at radius 2 is 1.88 bits per heavy atom. The van der Waals surface area contributed by atoms with Gasteiger partial charge in [-0.05, 0) is 24.3 Å². The lowest BCUT2D eigenvalue weighted by molar-refractivity contribution is -0.140. The number of hydrogen-bond donors (Lipinski definition) is 3. The SMILES string of the molecule is O=C(CSc1nc2ccccc2o1)NNC(=O)C(=O)NCc1ccco1. The Morgan fingerprint density at radius 3 is 2.65 bits per heavy atom. The number of rotatable bonds is 5. The molecule has 0 saturated heterocycles. The first-order chi connectivity index (χ1) is 12.6. The molecule has 3 N–H and O–H groups in total. The molecule has 0 bridgehead atoms. The zero-order valence-corrected chi connectivity index (χ0v) is 14.2. The Bertz CT molecular complexity index is 889. The van der Waals surface area contributed by atoms with Crippen LogP contribution in [0.4, 0.5) is 0 Å². The number of oxazole rings is 1. The summed E-state index contributed by atoms with van der Waals surface area (Å²) >= 11 is 1.07. The number of carbonyl (C=O) groups excluding carboxylic acids is 3. The van der Waals surface area contributed by atoms with Crippen LogP contribution in [-0.2, 0) is 20.9 Å². The maximum Gasteiger partial charge on any atom is 0.327 e. The summed E-state index contributed by atoms with van der Waals surface area (Å²) < 4.78 is 10.5. The van der Waals surface area contributed by atoms with Gasteiger partial charge in [0.2, 0.25) is 5.91 Å². The maximum absolute atomic E-state index is 11.7. The van der Waals surface area contributed by atoms with Gasteiger partial charge in [0.05, 0.1) is 18.6 Å². The fraction of sp³-hybridized carbons (Fsp3) is 0.125. The second-order valence-electron chi connectivity index (χ2n) is 5.00. The number of furan rings is 1. The molecule has 26 heavy (non-hydrogen) atoms. The van der Waals surface area contributed by atoms with E-state index >= 15 is 0 Å². The molecule has 134 valence electrons. The van der Waals surface area contributed by atoms with E-state index in [0.717, 1.165) is 11.8 Å². The van der Waals surface area contributed by atoms with E-state index in [0.29, 0.717) is 22.1 Å². The van der Waals surface area contributed by atoms with Gasteiger partial charge in [-0.25, -0.2) is 4.98 Å². The zero-order valence-electron chi connectivity index (χ0n) is 13.4. The lowest BCUT2D eigenvalue weighted by Crippen LogP contribution is -2.48. The minimum atomic E-state index is -0.989. The van der Waals surface area contributed by atoms with Crippen molar-refractivity contribution in [3.63, 3.8) is 0 Å². The summed E-state index contributed by atoms with van der Waals surface area (Å²) in [6.07, 6.45) is 1.45.